The second kappa shape index (κ2) is 10.4. The molecule has 32 heavy (non-hydrogen) atoms. The molecule has 2 aliphatic rings. The average molecular weight is 434 g/mol. The number of amides is 3. The lowest BCUT2D eigenvalue weighted by molar-refractivity contribution is -0.143. The van der Waals surface area contributed by atoms with Crippen molar-refractivity contribution in [2.24, 2.45) is 5.92 Å². The number of carbonyl (C=O) groups excluding carboxylic acids is 3. The van der Waals surface area contributed by atoms with Crippen molar-refractivity contribution in [3.63, 3.8) is 0 Å². The Morgan fingerprint density at radius 3 is 2.00 bits per heavy atom. The Morgan fingerprint density at radius 2 is 1.34 bits per heavy atom. The van der Waals surface area contributed by atoms with E-state index in [0.717, 1.165) is 36.8 Å². The smallest absolute Gasteiger partial charge is 0.233 e. The zero-order chi connectivity index (χ0) is 22.3. The molecule has 3 amide bonds. The first-order valence-electron chi connectivity index (χ1n) is 11.6. The molecule has 1 heterocycles. The molecule has 2 aromatic carbocycles. The molecule has 0 bridgehead atoms. The molecule has 0 spiro atoms. The fourth-order valence-corrected chi connectivity index (χ4v) is 4.61. The first-order valence-corrected chi connectivity index (χ1v) is 11.6. The Morgan fingerprint density at radius 1 is 0.750 bits per heavy atom. The van der Waals surface area contributed by atoms with Crippen LogP contribution in [-0.2, 0) is 14.4 Å². The van der Waals surface area contributed by atoms with Gasteiger partial charge in [0, 0.05) is 37.8 Å². The predicted molar refractivity (Wildman–Crippen MR) is 125 cm³/mol. The lowest BCUT2D eigenvalue weighted by Gasteiger charge is -2.37. The molecule has 1 saturated carbocycles. The van der Waals surface area contributed by atoms with Crippen molar-refractivity contribution < 1.29 is 14.4 Å². The molecule has 0 aromatic heterocycles. The van der Waals surface area contributed by atoms with Gasteiger partial charge < -0.3 is 15.1 Å². The number of benzene rings is 2. The van der Waals surface area contributed by atoms with Crippen molar-refractivity contribution in [2.75, 3.05) is 31.5 Å². The summed E-state index contributed by atoms with van der Waals surface area (Å²) in [4.78, 5) is 41.2. The summed E-state index contributed by atoms with van der Waals surface area (Å²) in [7, 11) is 0. The molecule has 1 aliphatic carbocycles. The zero-order valence-corrected chi connectivity index (χ0v) is 18.5. The molecule has 2 fully saturated rings. The van der Waals surface area contributed by atoms with E-state index in [4.69, 9.17) is 0 Å². The topological polar surface area (TPSA) is 69.7 Å². The van der Waals surface area contributed by atoms with Crippen molar-refractivity contribution in [2.45, 2.75) is 38.5 Å². The highest BCUT2D eigenvalue weighted by Gasteiger charge is 2.30. The van der Waals surface area contributed by atoms with Crippen molar-refractivity contribution >= 4 is 23.4 Å². The minimum atomic E-state index is -0.317. The van der Waals surface area contributed by atoms with E-state index in [1.807, 2.05) is 59.5 Å². The fourth-order valence-electron chi connectivity index (χ4n) is 4.61. The highest BCUT2D eigenvalue weighted by Crippen LogP contribution is 2.26. The monoisotopic (exact) mass is 433 g/mol. The molecular formula is C26H31N3O3. The lowest BCUT2D eigenvalue weighted by Crippen LogP contribution is -2.52. The van der Waals surface area contributed by atoms with Crippen LogP contribution < -0.4 is 5.32 Å². The van der Waals surface area contributed by atoms with E-state index in [2.05, 4.69) is 5.32 Å². The van der Waals surface area contributed by atoms with E-state index in [1.165, 1.54) is 6.42 Å². The van der Waals surface area contributed by atoms with Crippen LogP contribution in [-0.4, -0.2) is 53.7 Å². The van der Waals surface area contributed by atoms with Gasteiger partial charge >= 0.3 is 0 Å². The molecule has 6 heteroatoms. The van der Waals surface area contributed by atoms with Gasteiger partial charge in [-0.1, -0.05) is 61.7 Å². The fraction of sp³-hybridized carbons (Fsp3) is 0.423. The van der Waals surface area contributed by atoms with Gasteiger partial charge in [-0.25, -0.2) is 0 Å². The maximum Gasteiger partial charge on any atom is 0.233 e. The van der Waals surface area contributed by atoms with Gasteiger partial charge in [0.15, 0.2) is 0 Å². The van der Waals surface area contributed by atoms with Gasteiger partial charge in [0.1, 0.15) is 6.42 Å². The van der Waals surface area contributed by atoms with Crippen molar-refractivity contribution in [3.05, 3.63) is 54.6 Å². The van der Waals surface area contributed by atoms with Crippen LogP contribution >= 0.6 is 0 Å². The number of hydrogen-bond acceptors (Lipinski definition) is 3. The van der Waals surface area contributed by atoms with Gasteiger partial charge in [-0.05, 0) is 36.1 Å². The molecule has 4 rings (SSSR count). The van der Waals surface area contributed by atoms with Crippen LogP contribution in [0.2, 0.25) is 0 Å². The maximum atomic E-state index is 12.7. The quantitative estimate of drug-likeness (QED) is 0.727. The summed E-state index contributed by atoms with van der Waals surface area (Å²) in [6.07, 6.45) is 5.30. The van der Waals surface area contributed by atoms with E-state index in [0.29, 0.717) is 31.9 Å². The molecule has 1 N–H and O–H groups in total. The van der Waals surface area contributed by atoms with Crippen molar-refractivity contribution in [1.29, 1.82) is 0 Å². The molecule has 1 aliphatic heterocycles. The number of rotatable bonds is 5. The van der Waals surface area contributed by atoms with E-state index in [9.17, 15) is 14.4 Å². The van der Waals surface area contributed by atoms with E-state index < -0.39 is 0 Å². The molecule has 168 valence electrons. The van der Waals surface area contributed by atoms with Crippen molar-refractivity contribution in [1.82, 2.24) is 9.80 Å². The summed E-state index contributed by atoms with van der Waals surface area (Å²) in [5, 5.41) is 2.81. The number of piperazine rings is 1. The summed E-state index contributed by atoms with van der Waals surface area (Å²) >= 11 is 0. The number of carbonyl (C=O) groups is 3. The molecule has 2 aromatic rings. The van der Waals surface area contributed by atoms with Gasteiger partial charge in [0.2, 0.25) is 17.7 Å². The molecule has 6 nitrogen and oxygen atoms in total. The third kappa shape index (κ3) is 5.55. The summed E-state index contributed by atoms with van der Waals surface area (Å²) in [5.74, 6) is -0.102. The summed E-state index contributed by atoms with van der Waals surface area (Å²) < 4.78 is 0. The number of nitrogens with zero attached hydrogens (tertiary/aromatic N) is 2. The SMILES string of the molecule is O=C(CC(=O)N1CCN(C(=O)C2CCCCC2)CC1)Nc1ccc(-c2ccccc2)cc1. The zero-order valence-electron chi connectivity index (χ0n) is 18.5. The molecule has 0 radical (unpaired) electrons. The maximum absolute atomic E-state index is 12.7. The molecular weight excluding hydrogens is 402 g/mol. The number of hydrogen-bond donors (Lipinski definition) is 1. The summed E-state index contributed by atoms with van der Waals surface area (Å²) in [6.45, 7) is 2.11. The van der Waals surface area contributed by atoms with Gasteiger partial charge in [-0.15, -0.1) is 0 Å². The van der Waals surface area contributed by atoms with Crippen LogP contribution in [0.25, 0.3) is 11.1 Å². The van der Waals surface area contributed by atoms with Crippen LogP contribution in [0.5, 0.6) is 0 Å². The van der Waals surface area contributed by atoms with Crippen LogP contribution in [0.15, 0.2) is 54.6 Å². The average Bonchev–Trinajstić information content (AvgIpc) is 2.85. The predicted octanol–water partition coefficient (Wildman–Crippen LogP) is 3.93. The normalized spacial score (nSPS) is 17.1. The van der Waals surface area contributed by atoms with Crippen LogP contribution in [0.1, 0.15) is 38.5 Å². The van der Waals surface area contributed by atoms with E-state index in [-0.39, 0.29) is 30.1 Å². The highest BCUT2D eigenvalue weighted by atomic mass is 16.2. The Labute approximate surface area is 189 Å². The van der Waals surface area contributed by atoms with E-state index in [1.54, 1.807) is 4.90 Å². The first kappa shape index (κ1) is 22.1. The van der Waals surface area contributed by atoms with Gasteiger partial charge in [-0.2, -0.15) is 0 Å². The Kier molecular flexibility index (Phi) is 7.20. The standard InChI is InChI=1S/C26H31N3O3/c30-24(27-23-13-11-21(12-14-23)20-7-3-1-4-8-20)19-25(31)28-15-17-29(18-16-28)26(32)22-9-5-2-6-10-22/h1,3-4,7-8,11-14,22H,2,5-6,9-10,15-19H2,(H,27,30). The minimum Gasteiger partial charge on any atom is -0.339 e. The summed E-state index contributed by atoms with van der Waals surface area (Å²) in [6, 6.07) is 17.6. The molecule has 1 saturated heterocycles. The number of anilines is 1. The van der Waals surface area contributed by atoms with Crippen LogP contribution in [0.3, 0.4) is 0 Å². The summed E-state index contributed by atoms with van der Waals surface area (Å²) in [5.41, 5.74) is 2.85. The second-order valence-corrected chi connectivity index (χ2v) is 8.71. The van der Waals surface area contributed by atoms with Crippen LogP contribution in [0, 0.1) is 5.92 Å². The largest absolute Gasteiger partial charge is 0.339 e. The van der Waals surface area contributed by atoms with Gasteiger partial charge in [0.05, 0.1) is 0 Å². The Balaban J connectivity index is 1.23. The second-order valence-electron chi connectivity index (χ2n) is 8.71. The third-order valence-corrected chi connectivity index (χ3v) is 6.49. The first-order chi connectivity index (χ1) is 15.6. The van der Waals surface area contributed by atoms with Crippen molar-refractivity contribution in [3.8, 4) is 11.1 Å². The third-order valence-electron chi connectivity index (χ3n) is 6.49. The Bertz CT molecular complexity index is 929. The molecule has 0 atom stereocenters. The lowest BCUT2D eigenvalue weighted by atomic mass is 9.88. The molecule has 0 unspecified atom stereocenters. The van der Waals surface area contributed by atoms with Gasteiger partial charge in [0.25, 0.3) is 0 Å². The number of nitrogens with one attached hydrogen (secondary N) is 1. The van der Waals surface area contributed by atoms with E-state index >= 15 is 0 Å². The van der Waals surface area contributed by atoms with Crippen LogP contribution in [0.4, 0.5) is 5.69 Å². The Hall–Kier alpha value is -3.15. The highest BCUT2D eigenvalue weighted by molar-refractivity contribution is 6.03. The van der Waals surface area contributed by atoms with Gasteiger partial charge in [-0.3, -0.25) is 14.4 Å². The minimum absolute atomic E-state index is 0.157.